The molecule has 1 radical (unpaired) electrons. The highest BCUT2D eigenvalue weighted by atomic mass is 16.8. The molecule has 6 nitrogen and oxygen atoms in total. The van der Waals surface area contributed by atoms with Gasteiger partial charge in [-0.05, 0) is 13.8 Å². The first-order valence-corrected chi connectivity index (χ1v) is 4.82. The van der Waals surface area contributed by atoms with Crippen LogP contribution in [0.3, 0.4) is 0 Å². The zero-order chi connectivity index (χ0) is 12.2. The minimum absolute atomic E-state index is 0.156. The Kier molecular flexibility index (Phi) is 4.34. The Morgan fingerprint density at radius 2 is 2.31 bits per heavy atom. The van der Waals surface area contributed by atoms with Gasteiger partial charge in [0.25, 0.3) is 7.28 Å². The first kappa shape index (κ1) is 13.0. The number of aliphatic hydroxyl groups is 1. The second-order valence-corrected chi connectivity index (χ2v) is 3.27. The van der Waals surface area contributed by atoms with Gasteiger partial charge in [0.2, 0.25) is 0 Å². The number of rotatable bonds is 6. The van der Waals surface area contributed by atoms with Crippen LogP contribution in [-0.2, 0) is 18.9 Å². The summed E-state index contributed by atoms with van der Waals surface area (Å²) in [5, 5.41) is 8.66. The lowest BCUT2D eigenvalue weighted by molar-refractivity contribution is -0.138. The maximum absolute atomic E-state index is 10.9. The van der Waals surface area contributed by atoms with Gasteiger partial charge in [-0.25, -0.2) is 4.79 Å². The Balaban J connectivity index is 2.62. The Hall–Kier alpha value is -1.05. The molecule has 0 bridgehead atoms. The topological polar surface area (TPSA) is 74.2 Å². The predicted octanol–water partition coefficient (Wildman–Crippen LogP) is 0.374. The second-order valence-electron chi connectivity index (χ2n) is 3.27. The SMILES string of the molecule is C=C1OC(=O)OC1(C)[B]C(OCC)OCO. The van der Waals surface area contributed by atoms with E-state index < -0.39 is 24.6 Å². The van der Waals surface area contributed by atoms with Crippen LogP contribution < -0.4 is 0 Å². The van der Waals surface area contributed by atoms with Gasteiger partial charge in [0.05, 0.1) is 0 Å². The average molecular weight is 229 g/mol. The molecule has 1 saturated heterocycles. The lowest BCUT2D eigenvalue weighted by Crippen LogP contribution is -2.43. The van der Waals surface area contributed by atoms with Crippen molar-refractivity contribution >= 4 is 13.4 Å². The molecule has 89 valence electrons. The number of carbonyl (C=O) groups is 1. The van der Waals surface area contributed by atoms with Gasteiger partial charge in [-0.3, -0.25) is 0 Å². The third kappa shape index (κ3) is 2.97. The zero-order valence-electron chi connectivity index (χ0n) is 9.26. The summed E-state index contributed by atoms with van der Waals surface area (Å²) in [5.41, 5.74) is -1.11. The van der Waals surface area contributed by atoms with Gasteiger partial charge in [0.15, 0.2) is 0 Å². The van der Waals surface area contributed by atoms with Crippen molar-refractivity contribution in [2.24, 2.45) is 0 Å². The smallest absolute Gasteiger partial charge is 0.429 e. The largest absolute Gasteiger partial charge is 0.513 e. The highest BCUT2D eigenvalue weighted by molar-refractivity contribution is 6.42. The minimum atomic E-state index is -1.11. The van der Waals surface area contributed by atoms with Crippen molar-refractivity contribution in [3.8, 4) is 0 Å². The highest BCUT2D eigenvalue weighted by Crippen LogP contribution is 2.29. The molecule has 1 aliphatic heterocycles. The molecule has 1 heterocycles. The lowest BCUT2D eigenvalue weighted by Gasteiger charge is -2.24. The van der Waals surface area contributed by atoms with E-state index in [-0.39, 0.29) is 5.76 Å². The van der Waals surface area contributed by atoms with Crippen LogP contribution in [0.2, 0.25) is 0 Å². The summed E-state index contributed by atoms with van der Waals surface area (Å²) < 4.78 is 19.7. The van der Waals surface area contributed by atoms with Gasteiger partial charge >= 0.3 is 6.16 Å². The molecule has 0 aliphatic carbocycles. The number of cyclic esters (lactones) is 2. The van der Waals surface area contributed by atoms with Crippen molar-refractivity contribution in [1.82, 2.24) is 0 Å². The van der Waals surface area contributed by atoms with E-state index in [0.29, 0.717) is 6.61 Å². The second kappa shape index (κ2) is 5.33. The molecule has 1 rings (SSSR count). The third-order valence-electron chi connectivity index (χ3n) is 2.08. The van der Waals surface area contributed by atoms with Crippen molar-refractivity contribution in [3.05, 3.63) is 12.3 Å². The summed E-state index contributed by atoms with van der Waals surface area (Å²) in [4.78, 5) is 10.9. The zero-order valence-corrected chi connectivity index (χ0v) is 9.26. The van der Waals surface area contributed by atoms with Crippen LogP contribution in [0.1, 0.15) is 13.8 Å². The van der Waals surface area contributed by atoms with E-state index in [9.17, 15) is 4.79 Å². The number of hydrogen-bond acceptors (Lipinski definition) is 6. The third-order valence-corrected chi connectivity index (χ3v) is 2.08. The van der Waals surface area contributed by atoms with E-state index in [0.717, 1.165) is 0 Å². The van der Waals surface area contributed by atoms with Crippen LogP contribution in [0.4, 0.5) is 4.79 Å². The maximum Gasteiger partial charge on any atom is 0.513 e. The van der Waals surface area contributed by atoms with E-state index in [2.05, 4.69) is 11.3 Å². The monoisotopic (exact) mass is 229 g/mol. The molecule has 1 N–H and O–H groups in total. The molecule has 0 aromatic carbocycles. The molecule has 2 unspecified atom stereocenters. The Morgan fingerprint density at radius 1 is 1.62 bits per heavy atom. The summed E-state index contributed by atoms with van der Waals surface area (Å²) in [6.45, 7) is 6.81. The first-order valence-electron chi connectivity index (χ1n) is 4.82. The molecular weight excluding hydrogens is 215 g/mol. The quantitative estimate of drug-likeness (QED) is 0.403. The Labute approximate surface area is 94.4 Å². The molecule has 16 heavy (non-hydrogen) atoms. The fourth-order valence-corrected chi connectivity index (χ4v) is 1.22. The molecule has 1 fully saturated rings. The number of ether oxygens (including phenoxy) is 4. The van der Waals surface area contributed by atoms with Crippen LogP contribution in [0, 0.1) is 0 Å². The maximum atomic E-state index is 10.9. The van der Waals surface area contributed by atoms with Crippen LogP contribution in [0.15, 0.2) is 12.3 Å². The Morgan fingerprint density at radius 3 is 2.75 bits per heavy atom. The molecule has 0 aromatic heterocycles. The molecule has 0 spiro atoms. The average Bonchev–Trinajstić information content (AvgIpc) is 2.41. The molecule has 0 amide bonds. The van der Waals surface area contributed by atoms with Gasteiger partial charge < -0.3 is 24.1 Å². The highest BCUT2D eigenvalue weighted by Gasteiger charge is 2.45. The molecule has 2 atom stereocenters. The standard InChI is InChI=1S/C9H14BO6/c1-4-13-7(14-5-11)10-9(3)6(2)15-8(12)16-9/h7,11H,2,4-5H2,1,3H3. The van der Waals surface area contributed by atoms with Crippen molar-refractivity contribution in [2.75, 3.05) is 13.4 Å². The number of carbonyl (C=O) groups excluding carboxylic acids is 1. The fraction of sp³-hybridized carbons (Fsp3) is 0.667. The van der Waals surface area contributed by atoms with Crippen LogP contribution in [0.25, 0.3) is 0 Å². The van der Waals surface area contributed by atoms with Gasteiger partial charge in [-0.15, -0.1) is 0 Å². The summed E-state index contributed by atoms with van der Waals surface area (Å²) in [6, 6.07) is 0. The summed E-state index contributed by atoms with van der Waals surface area (Å²) in [6.07, 6.45) is -1.62. The summed E-state index contributed by atoms with van der Waals surface area (Å²) in [5.74, 6) is 0.156. The van der Waals surface area contributed by atoms with E-state index in [1.165, 1.54) is 7.28 Å². The van der Waals surface area contributed by atoms with Gasteiger partial charge in [0.1, 0.15) is 24.2 Å². The molecule has 1 aliphatic rings. The summed E-state index contributed by atoms with van der Waals surface area (Å²) >= 11 is 0. The fourth-order valence-electron chi connectivity index (χ4n) is 1.22. The van der Waals surface area contributed by atoms with Crippen molar-refractivity contribution in [3.63, 3.8) is 0 Å². The first-order chi connectivity index (χ1) is 7.51. The molecular formula is C9H14BO6. The minimum Gasteiger partial charge on any atom is -0.429 e. The van der Waals surface area contributed by atoms with Crippen molar-refractivity contribution in [2.45, 2.75) is 25.5 Å². The normalized spacial score (nSPS) is 26.2. The Bertz CT molecular complexity index is 275. The molecule has 0 saturated carbocycles. The van der Waals surface area contributed by atoms with Crippen LogP contribution in [0.5, 0.6) is 0 Å². The van der Waals surface area contributed by atoms with E-state index in [1.807, 2.05) is 0 Å². The van der Waals surface area contributed by atoms with E-state index >= 15 is 0 Å². The van der Waals surface area contributed by atoms with E-state index in [1.54, 1.807) is 13.8 Å². The van der Waals surface area contributed by atoms with E-state index in [4.69, 9.17) is 19.3 Å². The number of aliphatic hydroxyl groups excluding tert-OH is 1. The van der Waals surface area contributed by atoms with Crippen LogP contribution >= 0.6 is 0 Å². The lowest BCUT2D eigenvalue weighted by atomic mass is 9.60. The van der Waals surface area contributed by atoms with Gasteiger partial charge in [-0.2, -0.15) is 0 Å². The summed E-state index contributed by atoms with van der Waals surface area (Å²) in [7, 11) is 1.46. The van der Waals surface area contributed by atoms with Crippen molar-refractivity contribution < 1.29 is 28.8 Å². The molecule has 7 heteroatoms. The predicted molar refractivity (Wildman–Crippen MR) is 54.4 cm³/mol. The van der Waals surface area contributed by atoms with Crippen molar-refractivity contribution in [1.29, 1.82) is 0 Å². The van der Waals surface area contributed by atoms with Crippen LogP contribution in [-0.4, -0.2) is 43.6 Å². The van der Waals surface area contributed by atoms with Gasteiger partial charge in [0, 0.05) is 6.61 Å². The van der Waals surface area contributed by atoms with Gasteiger partial charge in [-0.1, -0.05) is 6.58 Å². The molecule has 0 aromatic rings. The number of hydrogen-bond donors (Lipinski definition) is 1.